The molecule has 0 aliphatic carbocycles. The van der Waals surface area contributed by atoms with Crippen LogP contribution in [0.1, 0.15) is 48.8 Å². The molecule has 8 heteroatoms. The van der Waals surface area contributed by atoms with Crippen LogP contribution in [0.5, 0.6) is 0 Å². The van der Waals surface area contributed by atoms with Gasteiger partial charge in [-0.2, -0.15) is 0 Å². The molecule has 1 atom stereocenters. The summed E-state index contributed by atoms with van der Waals surface area (Å²) in [5.41, 5.74) is 9.77. The molecule has 0 aliphatic heterocycles. The van der Waals surface area contributed by atoms with E-state index in [9.17, 15) is 5.11 Å². The smallest absolute Gasteiger partial charge is 0.197 e. The lowest BCUT2D eigenvalue weighted by Crippen LogP contribution is -2.29. The van der Waals surface area contributed by atoms with E-state index in [1.165, 1.54) is 5.56 Å². The number of unbranched alkanes of at least 4 members (excludes halogenated alkanes) is 3. The zero-order chi connectivity index (χ0) is 26.7. The van der Waals surface area contributed by atoms with Crippen LogP contribution in [0.15, 0.2) is 71.1 Å². The Hall–Kier alpha value is -2.61. The number of nitrogen functional groups attached to an aromatic ring is 1. The predicted octanol–water partition coefficient (Wildman–Crippen LogP) is 7.07. The maximum Gasteiger partial charge on any atom is 0.197 e. The van der Waals surface area contributed by atoms with Crippen molar-refractivity contribution in [1.82, 2.24) is 9.88 Å². The van der Waals surface area contributed by atoms with Gasteiger partial charge in [-0.05, 0) is 54.8 Å². The highest BCUT2D eigenvalue weighted by Crippen LogP contribution is 2.31. The molecule has 1 aromatic heterocycles. The van der Waals surface area contributed by atoms with E-state index in [1.54, 1.807) is 12.1 Å². The van der Waals surface area contributed by atoms with Gasteiger partial charge in [-0.3, -0.25) is 4.90 Å². The highest BCUT2D eigenvalue weighted by Gasteiger charge is 2.17. The van der Waals surface area contributed by atoms with Crippen molar-refractivity contribution in [1.29, 1.82) is 0 Å². The minimum absolute atomic E-state index is 0.334. The molecule has 0 bridgehead atoms. The lowest BCUT2D eigenvalue weighted by molar-refractivity contribution is 0.107. The predicted molar refractivity (Wildman–Crippen MR) is 155 cm³/mol. The molecule has 0 aliphatic rings. The molecule has 1 heterocycles. The summed E-state index contributed by atoms with van der Waals surface area (Å²) in [6, 6.07) is 21.5. The number of nitrogens with two attached hydrogens (primary N) is 1. The Balaban J connectivity index is 1.17. The van der Waals surface area contributed by atoms with Crippen molar-refractivity contribution in [3.8, 4) is 0 Å². The van der Waals surface area contributed by atoms with Crippen molar-refractivity contribution < 1.29 is 14.3 Å². The number of nitrogens with zero attached hydrogens (tertiary/aromatic N) is 2. The molecule has 202 valence electrons. The summed E-state index contributed by atoms with van der Waals surface area (Å²) >= 11 is 12.4. The lowest BCUT2D eigenvalue weighted by atomic mass is 10.1. The van der Waals surface area contributed by atoms with Crippen LogP contribution in [0, 0.1) is 0 Å². The number of benzene rings is 3. The number of anilines is 1. The topological polar surface area (TPSA) is 84.8 Å². The second kappa shape index (κ2) is 14.5. The Morgan fingerprint density at radius 2 is 1.63 bits per heavy atom. The molecule has 4 rings (SSSR count). The van der Waals surface area contributed by atoms with Crippen molar-refractivity contribution in [3.63, 3.8) is 0 Å². The number of rotatable bonds is 15. The van der Waals surface area contributed by atoms with Crippen molar-refractivity contribution in [2.75, 3.05) is 32.0 Å². The first-order valence-corrected chi connectivity index (χ1v) is 13.9. The second-order valence-corrected chi connectivity index (χ2v) is 10.3. The third-order valence-electron chi connectivity index (χ3n) is 6.48. The van der Waals surface area contributed by atoms with E-state index in [1.807, 2.05) is 42.5 Å². The van der Waals surface area contributed by atoms with Gasteiger partial charge in [0.2, 0.25) is 0 Å². The van der Waals surface area contributed by atoms with E-state index in [-0.39, 0.29) is 0 Å². The third-order valence-corrected chi connectivity index (χ3v) is 7.10. The molecule has 0 amide bonds. The molecule has 3 N–H and O–H groups in total. The fraction of sp³-hybridized carbons (Fsp3) is 0.367. The van der Waals surface area contributed by atoms with Crippen LogP contribution in [0.4, 0.5) is 5.69 Å². The van der Waals surface area contributed by atoms with Gasteiger partial charge in [-0.15, -0.1) is 0 Å². The van der Waals surface area contributed by atoms with Gasteiger partial charge in [0.05, 0.1) is 28.4 Å². The molecule has 6 nitrogen and oxygen atoms in total. The minimum Gasteiger partial charge on any atom is -0.441 e. The number of hydrogen-bond donors (Lipinski definition) is 2. The van der Waals surface area contributed by atoms with Gasteiger partial charge in [0.1, 0.15) is 5.52 Å². The Labute approximate surface area is 234 Å². The Bertz CT molecular complexity index is 1230. The Morgan fingerprint density at radius 3 is 2.39 bits per heavy atom. The number of aromatic nitrogens is 1. The Morgan fingerprint density at radius 1 is 0.921 bits per heavy atom. The van der Waals surface area contributed by atoms with Crippen LogP contribution >= 0.6 is 23.2 Å². The highest BCUT2D eigenvalue weighted by molar-refractivity contribution is 6.38. The molecule has 38 heavy (non-hydrogen) atoms. The van der Waals surface area contributed by atoms with E-state index in [0.717, 1.165) is 62.4 Å². The average Bonchev–Trinajstić information content (AvgIpc) is 3.34. The van der Waals surface area contributed by atoms with Crippen LogP contribution in [-0.2, 0) is 17.7 Å². The van der Waals surface area contributed by atoms with Crippen molar-refractivity contribution in [2.24, 2.45) is 0 Å². The number of para-hydroxylation sites is 2. The van der Waals surface area contributed by atoms with Gasteiger partial charge < -0.3 is 20.0 Å². The van der Waals surface area contributed by atoms with Crippen molar-refractivity contribution in [3.05, 3.63) is 93.8 Å². The number of aliphatic hydroxyl groups excluding tert-OH is 1. The first-order chi connectivity index (χ1) is 18.5. The monoisotopic (exact) mass is 555 g/mol. The van der Waals surface area contributed by atoms with Crippen LogP contribution in [-0.4, -0.2) is 41.3 Å². The second-order valence-electron chi connectivity index (χ2n) is 9.49. The average molecular weight is 557 g/mol. The van der Waals surface area contributed by atoms with E-state index >= 15 is 0 Å². The van der Waals surface area contributed by atoms with Crippen LogP contribution in [0.25, 0.3) is 11.1 Å². The minimum atomic E-state index is -0.719. The third kappa shape index (κ3) is 8.45. The fourth-order valence-corrected chi connectivity index (χ4v) is 4.91. The lowest BCUT2D eigenvalue weighted by Gasteiger charge is -2.26. The molecule has 4 aromatic rings. The van der Waals surface area contributed by atoms with Gasteiger partial charge in [-0.1, -0.05) is 78.5 Å². The molecule has 0 saturated carbocycles. The molecule has 3 aromatic carbocycles. The summed E-state index contributed by atoms with van der Waals surface area (Å²) < 4.78 is 11.5. The van der Waals surface area contributed by atoms with Gasteiger partial charge >= 0.3 is 0 Å². The van der Waals surface area contributed by atoms with Gasteiger partial charge in [0, 0.05) is 26.1 Å². The van der Waals surface area contributed by atoms with Crippen LogP contribution in [0.3, 0.4) is 0 Å². The van der Waals surface area contributed by atoms with Gasteiger partial charge in [-0.25, -0.2) is 4.98 Å². The quantitative estimate of drug-likeness (QED) is 0.120. The molecule has 0 spiro atoms. The van der Waals surface area contributed by atoms with Crippen LogP contribution < -0.4 is 5.73 Å². The summed E-state index contributed by atoms with van der Waals surface area (Å²) in [6.45, 7) is 3.44. The molecule has 0 radical (unpaired) electrons. The first kappa shape index (κ1) is 28.4. The summed E-state index contributed by atoms with van der Waals surface area (Å²) in [5, 5.41) is 11.6. The summed E-state index contributed by atoms with van der Waals surface area (Å²) in [6.07, 6.45) is 4.19. The number of fused-ring (bicyclic) bond motifs is 1. The standard InChI is InChI=1S/C30H35Cl2N3O3/c31-24-18-23(19-25(32)30(24)33)27(36)21-35(20-22-10-4-3-5-11-22)15-8-1-2-9-16-37-17-14-29-34-26-12-6-7-13-28(26)38-29/h3-7,10-13,18-19,27,36H,1-2,8-9,14-17,20-21,33H2. The molecule has 1 unspecified atom stereocenters. The zero-order valence-electron chi connectivity index (χ0n) is 21.5. The maximum absolute atomic E-state index is 10.9. The first-order valence-electron chi connectivity index (χ1n) is 13.1. The zero-order valence-corrected chi connectivity index (χ0v) is 23.0. The van der Waals surface area contributed by atoms with Crippen molar-refractivity contribution in [2.45, 2.75) is 44.8 Å². The maximum atomic E-state index is 10.9. The fourth-order valence-electron chi connectivity index (χ4n) is 4.40. The summed E-state index contributed by atoms with van der Waals surface area (Å²) in [4.78, 5) is 6.75. The number of ether oxygens (including phenoxy) is 1. The Kier molecular flexibility index (Phi) is 10.9. The largest absolute Gasteiger partial charge is 0.441 e. The molecule has 0 fully saturated rings. The van der Waals surface area contributed by atoms with E-state index < -0.39 is 6.10 Å². The number of hydrogen-bond acceptors (Lipinski definition) is 6. The van der Waals surface area contributed by atoms with E-state index in [2.05, 4.69) is 22.0 Å². The summed E-state index contributed by atoms with van der Waals surface area (Å²) in [7, 11) is 0. The van der Waals surface area contributed by atoms with Gasteiger partial charge in [0.15, 0.2) is 11.5 Å². The van der Waals surface area contributed by atoms with Gasteiger partial charge in [0.25, 0.3) is 0 Å². The van der Waals surface area contributed by atoms with Crippen LogP contribution in [0.2, 0.25) is 10.0 Å². The summed E-state index contributed by atoms with van der Waals surface area (Å²) in [5.74, 6) is 0.718. The number of aliphatic hydroxyl groups is 1. The number of halogens is 2. The normalized spacial score (nSPS) is 12.4. The van der Waals surface area contributed by atoms with Crippen molar-refractivity contribution >= 4 is 40.0 Å². The highest BCUT2D eigenvalue weighted by atomic mass is 35.5. The number of oxazole rings is 1. The molecular formula is C30H35Cl2N3O3. The SMILES string of the molecule is Nc1c(Cl)cc(C(O)CN(CCCCCCOCCc2nc3ccccc3o2)Cc2ccccc2)cc1Cl. The van der Waals surface area contributed by atoms with E-state index in [4.69, 9.17) is 38.1 Å². The molecular weight excluding hydrogens is 521 g/mol. The molecule has 0 saturated heterocycles. The van der Waals surface area contributed by atoms with E-state index in [0.29, 0.717) is 40.9 Å².